The number of rotatable bonds is 0. The van der Waals surface area contributed by atoms with Gasteiger partial charge in [0.2, 0.25) is 0 Å². The monoisotopic (exact) mass is 134 g/mol. The van der Waals surface area contributed by atoms with Crippen molar-refractivity contribution in [3.8, 4) is 0 Å². The van der Waals surface area contributed by atoms with Crippen LogP contribution in [-0.4, -0.2) is 22.4 Å². The molecule has 6 heteroatoms. The van der Waals surface area contributed by atoms with Crippen molar-refractivity contribution in [2.75, 3.05) is 0 Å². The topological polar surface area (TPSA) is 40.5 Å². The van der Waals surface area contributed by atoms with E-state index in [-0.39, 0.29) is 0 Å². The molecule has 0 amide bonds. The number of aliphatic hydroxyl groups is 2. The van der Waals surface area contributed by atoms with Gasteiger partial charge >= 0.3 is 12.2 Å². The van der Waals surface area contributed by atoms with Crippen LogP contribution in [0, 0.1) is 0 Å². The van der Waals surface area contributed by atoms with E-state index in [4.69, 9.17) is 10.2 Å². The van der Waals surface area contributed by atoms with E-state index in [0.717, 1.165) is 0 Å². The lowest BCUT2D eigenvalue weighted by molar-refractivity contribution is -0.408. The number of halogens is 4. The molecule has 0 aromatic rings. The van der Waals surface area contributed by atoms with Crippen LogP contribution in [0.5, 0.6) is 0 Å². The summed E-state index contributed by atoms with van der Waals surface area (Å²) in [5.41, 5.74) is 0. The molecule has 0 aromatic carbocycles. The lowest BCUT2D eigenvalue weighted by Gasteiger charge is -2.13. The highest BCUT2D eigenvalue weighted by atomic mass is 19.4. The molecule has 0 saturated carbocycles. The van der Waals surface area contributed by atoms with Crippen molar-refractivity contribution in [2.45, 2.75) is 12.2 Å². The average molecular weight is 134 g/mol. The maximum absolute atomic E-state index is 10.9. The van der Waals surface area contributed by atoms with Gasteiger partial charge in [0.05, 0.1) is 0 Å². The first-order valence-electron chi connectivity index (χ1n) is 1.45. The van der Waals surface area contributed by atoms with E-state index in [2.05, 4.69) is 0 Å². The highest BCUT2D eigenvalue weighted by molar-refractivity contribution is 4.58. The molecule has 0 spiro atoms. The van der Waals surface area contributed by atoms with E-state index >= 15 is 0 Å². The Morgan fingerprint density at radius 3 is 1.00 bits per heavy atom. The van der Waals surface area contributed by atoms with Crippen LogP contribution in [0.3, 0.4) is 0 Å². The largest absolute Gasteiger partial charge is 0.477 e. The normalized spacial score (nSPS) is 14.2. The Bertz CT molecular complexity index is 67.0. The molecule has 0 aliphatic carbocycles. The summed E-state index contributed by atoms with van der Waals surface area (Å²) in [6.45, 7) is 0. The summed E-state index contributed by atoms with van der Waals surface area (Å²) in [5.74, 6) is 0. The molecule has 0 aliphatic rings. The van der Waals surface area contributed by atoms with Crippen LogP contribution < -0.4 is 0 Å². The highest BCUT2D eigenvalue weighted by Gasteiger charge is 2.54. The molecule has 0 atom stereocenters. The Hall–Kier alpha value is -0.360. The van der Waals surface area contributed by atoms with Gasteiger partial charge < -0.3 is 10.2 Å². The van der Waals surface area contributed by atoms with Crippen molar-refractivity contribution in [1.82, 2.24) is 0 Å². The van der Waals surface area contributed by atoms with Crippen molar-refractivity contribution in [3.63, 3.8) is 0 Å². The first-order valence-corrected chi connectivity index (χ1v) is 1.45. The maximum Gasteiger partial charge on any atom is 0.477 e. The smallest absolute Gasteiger partial charge is 0.333 e. The first kappa shape index (κ1) is 7.64. The van der Waals surface area contributed by atoms with E-state index in [1.165, 1.54) is 0 Å². The summed E-state index contributed by atoms with van der Waals surface area (Å²) in [6.07, 6.45) is -5.62. The molecule has 2 N–H and O–H groups in total. The van der Waals surface area contributed by atoms with Crippen LogP contribution in [0.25, 0.3) is 0 Å². The minimum atomic E-state index is -5.62. The number of hydrogen-bond donors (Lipinski definition) is 2. The third-order valence-corrected chi connectivity index (χ3v) is 0.361. The fraction of sp³-hybridized carbons (Fsp3) is 1.00. The zero-order valence-electron chi connectivity index (χ0n) is 3.41. The van der Waals surface area contributed by atoms with Crippen LogP contribution >= 0.6 is 0 Å². The summed E-state index contributed by atoms with van der Waals surface area (Å²) < 4.78 is 42.9. The van der Waals surface area contributed by atoms with Gasteiger partial charge in [0.15, 0.2) is 0 Å². The van der Waals surface area contributed by atoms with Gasteiger partial charge in [-0.2, -0.15) is 17.6 Å². The zero-order valence-corrected chi connectivity index (χ0v) is 3.41. The fourth-order valence-corrected chi connectivity index (χ4v) is 0. The minimum absolute atomic E-state index is 5.06. The highest BCUT2D eigenvalue weighted by Crippen LogP contribution is 2.28. The van der Waals surface area contributed by atoms with Gasteiger partial charge in [-0.1, -0.05) is 0 Å². The lowest BCUT2D eigenvalue weighted by atomic mass is 10.6. The molecule has 0 saturated heterocycles. The molecule has 0 aromatic heterocycles. The van der Waals surface area contributed by atoms with Crippen molar-refractivity contribution in [2.24, 2.45) is 0 Å². The molecular weight excluding hydrogens is 132 g/mol. The van der Waals surface area contributed by atoms with E-state index < -0.39 is 12.2 Å². The Labute approximate surface area is 41.4 Å². The molecule has 0 heterocycles. The van der Waals surface area contributed by atoms with Crippen LogP contribution in [0.4, 0.5) is 17.6 Å². The van der Waals surface area contributed by atoms with Gasteiger partial charge in [-0.05, 0) is 0 Å². The molecule has 0 fully saturated rings. The second kappa shape index (κ2) is 1.56. The first-order chi connectivity index (χ1) is 3.25. The van der Waals surface area contributed by atoms with Crippen LogP contribution in [-0.2, 0) is 0 Å². The second-order valence-corrected chi connectivity index (χ2v) is 1.08. The lowest BCUT2D eigenvalue weighted by Crippen LogP contribution is -2.40. The predicted octanol–water partition coefficient (Wildman–Crippen LogP) is 0.157. The summed E-state index contributed by atoms with van der Waals surface area (Å²) in [7, 11) is 0. The minimum Gasteiger partial charge on any atom is -0.333 e. The summed E-state index contributed by atoms with van der Waals surface area (Å²) in [5, 5.41) is 14.2. The van der Waals surface area contributed by atoms with Crippen molar-refractivity contribution < 1.29 is 27.8 Å². The average Bonchev–Trinajstić information content (AvgIpc) is 1.25. The van der Waals surface area contributed by atoms with Gasteiger partial charge in [0.25, 0.3) is 0 Å². The molecule has 0 aliphatic heterocycles. The molecule has 0 rings (SSSR count). The summed E-state index contributed by atoms with van der Waals surface area (Å²) in [4.78, 5) is 0. The van der Waals surface area contributed by atoms with Gasteiger partial charge in [-0.25, -0.2) is 0 Å². The van der Waals surface area contributed by atoms with Crippen molar-refractivity contribution in [3.05, 3.63) is 0 Å². The zero-order chi connectivity index (χ0) is 7.00. The van der Waals surface area contributed by atoms with Crippen molar-refractivity contribution in [1.29, 1.82) is 0 Å². The van der Waals surface area contributed by atoms with E-state index in [9.17, 15) is 17.6 Å². The van der Waals surface area contributed by atoms with Crippen molar-refractivity contribution >= 4 is 0 Å². The Kier molecular flexibility index (Phi) is 1.49. The summed E-state index contributed by atoms with van der Waals surface area (Å²) in [6, 6.07) is -5.06. The maximum atomic E-state index is 10.9. The number of alkyl halides is 4. The Balaban J connectivity index is 4.02. The third kappa shape index (κ3) is 1.63. The second-order valence-electron chi connectivity index (χ2n) is 1.08. The van der Waals surface area contributed by atoms with Gasteiger partial charge in [0, 0.05) is 0 Å². The molecule has 0 bridgehead atoms. The molecule has 2 nitrogen and oxygen atoms in total. The molecule has 8 heavy (non-hydrogen) atoms. The standard InChI is InChI=1S/C2H2F4O2/c3-1(4,5)2(6,7)8/h7-8H. The number of hydrogen-bond acceptors (Lipinski definition) is 2. The van der Waals surface area contributed by atoms with Gasteiger partial charge in [-0.3, -0.25) is 0 Å². The van der Waals surface area contributed by atoms with Crippen LogP contribution in [0.1, 0.15) is 0 Å². The Morgan fingerprint density at radius 2 is 1.00 bits per heavy atom. The van der Waals surface area contributed by atoms with E-state index in [1.807, 2.05) is 0 Å². The SMILES string of the molecule is OC(O)(F)C(F)(F)F. The fourth-order valence-electron chi connectivity index (χ4n) is 0. The summed E-state index contributed by atoms with van der Waals surface area (Å²) >= 11 is 0. The molecule has 50 valence electrons. The quantitative estimate of drug-likeness (QED) is 0.366. The molecular formula is C2H2F4O2. The predicted molar refractivity (Wildman–Crippen MR) is 14.3 cm³/mol. The van der Waals surface area contributed by atoms with Gasteiger partial charge in [-0.15, -0.1) is 0 Å². The Morgan fingerprint density at radius 1 is 0.875 bits per heavy atom. The molecule has 0 unspecified atom stereocenters. The van der Waals surface area contributed by atoms with E-state index in [1.54, 1.807) is 0 Å². The third-order valence-electron chi connectivity index (χ3n) is 0.361. The van der Waals surface area contributed by atoms with Crippen LogP contribution in [0.15, 0.2) is 0 Å². The van der Waals surface area contributed by atoms with Crippen LogP contribution in [0.2, 0.25) is 0 Å². The van der Waals surface area contributed by atoms with Gasteiger partial charge in [0.1, 0.15) is 0 Å². The molecule has 0 radical (unpaired) electrons. The van der Waals surface area contributed by atoms with E-state index in [0.29, 0.717) is 0 Å².